The molecule has 1 nitrogen and oxygen atoms in total. The first-order valence-electron chi connectivity index (χ1n) is 5.20. The molecular formula is C11H17NS. The lowest BCUT2D eigenvalue weighted by Crippen LogP contribution is -2.02. The van der Waals surface area contributed by atoms with Crippen LogP contribution in [0.25, 0.3) is 0 Å². The van der Waals surface area contributed by atoms with E-state index in [9.17, 15) is 0 Å². The van der Waals surface area contributed by atoms with Crippen LogP contribution in [-0.2, 0) is 19.4 Å². The topological polar surface area (TPSA) is 26.0 Å². The van der Waals surface area contributed by atoms with E-state index in [4.69, 9.17) is 5.73 Å². The molecule has 1 aromatic heterocycles. The number of aryl methyl sites for hydroxylation is 1. The molecule has 1 aliphatic rings. The van der Waals surface area contributed by atoms with Crippen LogP contribution >= 0.6 is 11.3 Å². The monoisotopic (exact) mass is 195 g/mol. The van der Waals surface area contributed by atoms with Crippen LogP contribution in [0.3, 0.4) is 0 Å². The summed E-state index contributed by atoms with van der Waals surface area (Å²) in [5.41, 5.74) is 8.71. The van der Waals surface area contributed by atoms with Gasteiger partial charge in [0.25, 0.3) is 0 Å². The van der Waals surface area contributed by atoms with Gasteiger partial charge in [-0.3, -0.25) is 0 Å². The van der Waals surface area contributed by atoms with E-state index in [2.05, 4.69) is 5.38 Å². The fourth-order valence-electron chi connectivity index (χ4n) is 2.09. The number of hydrogen-bond acceptors (Lipinski definition) is 2. The Kier molecular flexibility index (Phi) is 3.01. The second-order valence-electron chi connectivity index (χ2n) is 3.78. The predicted molar refractivity (Wildman–Crippen MR) is 58.1 cm³/mol. The minimum absolute atomic E-state index is 0.728. The van der Waals surface area contributed by atoms with Crippen molar-refractivity contribution >= 4 is 11.3 Å². The largest absolute Gasteiger partial charge is 0.326 e. The first-order valence-corrected chi connectivity index (χ1v) is 6.08. The van der Waals surface area contributed by atoms with Crippen LogP contribution in [0.5, 0.6) is 0 Å². The molecule has 0 unspecified atom stereocenters. The molecule has 0 radical (unpaired) electrons. The number of rotatable bonds is 1. The molecule has 0 aromatic carbocycles. The number of hydrogen-bond donors (Lipinski definition) is 1. The van der Waals surface area contributed by atoms with Gasteiger partial charge in [0.1, 0.15) is 0 Å². The quantitative estimate of drug-likeness (QED) is 0.732. The Morgan fingerprint density at radius 3 is 2.69 bits per heavy atom. The minimum Gasteiger partial charge on any atom is -0.326 e. The lowest BCUT2D eigenvalue weighted by atomic mass is 9.97. The van der Waals surface area contributed by atoms with Gasteiger partial charge in [-0.2, -0.15) is 0 Å². The Bertz CT molecular complexity index is 278. The fraction of sp³-hybridized carbons (Fsp3) is 0.636. The maximum Gasteiger partial charge on any atom is 0.0189 e. The van der Waals surface area contributed by atoms with Gasteiger partial charge in [-0.25, -0.2) is 0 Å². The number of thiophene rings is 1. The van der Waals surface area contributed by atoms with E-state index in [0.29, 0.717) is 0 Å². The van der Waals surface area contributed by atoms with Crippen molar-refractivity contribution in [1.82, 2.24) is 0 Å². The lowest BCUT2D eigenvalue weighted by Gasteiger charge is -2.10. The molecule has 1 aromatic rings. The van der Waals surface area contributed by atoms with Gasteiger partial charge in [-0.05, 0) is 42.2 Å². The molecule has 1 heterocycles. The van der Waals surface area contributed by atoms with E-state index < -0.39 is 0 Å². The van der Waals surface area contributed by atoms with Crippen molar-refractivity contribution in [1.29, 1.82) is 0 Å². The highest BCUT2D eigenvalue weighted by atomic mass is 32.1. The van der Waals surface area contributed by atoms with Crippen molar-refractivity contribution in [3.8, 4) is 0 Å². The highest BCUT2D eigenvalue weighted by Crippen LogP contribution is 2.28. The van der Waals surface area contributed by atoms with Gasteiger partial charge in [0.05, 0.1) is 0 Å². The zero-order chi connectivity index (χ0) is 9.10. The van der Waals surface area contributed by atoms with E-state index in [-0.39, 0.29) is 0 Å². The predicted octanol–water partition coefficient (Wildman–Crippen LogP) is 2.87. The summed E-state index contributed by atoms with van der Waals surface area (Å²) in [6.07, 6.45) is 8.11. The maximum atomic E-state index is 5.72. The van der Waals surface area contributed by atoms with Gasteiger partial charge in [0.15, 0.2) is 0 Å². The van der Waals surface area contributed by atoms with E-state index in [1.165, 1.54) is 44.1 Å². The maximum absolute atomic E-state index is 5.72. The smallest absolute Gasteiger partial charge is 0.0189 e. The third-order valence-corrected chi connectivity index (χ3v) is 4.01. The first kappa shape index (κ1) is 9.22. The van der Waals surface area contributed by atoms with Crippen LogP contribution in [0, 0.1) is 0 Å². The first-order chi connectivity index (χ1) is 6.42. The molecule has 2 N–H and O–H groups in total. The standard InChI is InChI=1S/C11H17NS/c12-7-9-8-13-11-6-4-2-1-3-5-10(9)11/h8H,1-7,12H2. The summed E-state index contributed by atoms with van der Waals surface area (Å²) in [4.78, 5) is 1.61. The Balaban J connectivity index is 2.25. The minimum atomic E-state index is 0.728. The molecular weight excluding hydrogens is 178 g/mol. The van der Waals surface area contributed by atoms with Crippen LogP contribution in [0.15, 0.2) is 5.38 Å². The Morgan fingerprint density at radius 1 is 1.15 bits per heavy atom. The Morgan fingerprint density at radius 2 is 1.92 bits per heavy atom. The van der Waals surface area contributed by atoms with Gasteiger partial charge in [0, 0.05) is 11.4 Å². The average molecular weight is 195 g/mol. The van der Waals surface area contributed by atoms with Gasteiger partial charge >= 0.3 is 0 Å². The van der Waals surface area contributed by atoms with E-state index >= 15 is 0 Å². The van der Waals surface area contributed by atoms with Crippen molar-refractivity contribution in [2.45, 2.75) is 45.1 Å². The molecule has 13 heavy (non-hydrogen) atoms. The van der Waals surface area contributed by atoms with Gasteiger partial charge in [-0.15, -0.1) is 11.3 Å². The zero-order valence-electron chi connectivity index (χ0n) is 8.01. The van der Waals surface area contributed by atoms with Crippen molar-refractivity contribution in [3.63, 3.8) is 0 Å². The molecule has 1 aliphatic carbocycles. The average Bonchev–Trinajstić information content (AvgIpc) is 2.46. The van der Waals surface area contributed by atoms with Crippen LogP contribution in [0.4, 0.5) is 0 Å². The molecule has 0 spiro atoms. The van der Waals surface area contributed by atoms with E-state index in [0.717, 1.165) is 6.54 Å². The van der Waals surface area contributed by atoms with Gasteiger partial charge in [-0.1, -0.05) is 12.8 Å². The summed E-state index contributed by atoms with van der Waals surface area (Å²) in [6.45, 7) is 0.728. The molecule has 72 valence electrons. The molecule has 0 saturated heterocycles. The second-order valence-corrected chi connectivity index (χ2v) is 4.75. The molecule has 0 bridgehead atoms. The highest BCUT2D eigenvalue weighted by Gasteiger charge is 2.11. The number of fused-ring (bicyclic) bond motifs is 1. The van der Waals surface area contributed by atoms with Crippen molar-refractivity contribution < 1.29 is 0 Å². The molecule has 0 atom stereocenters. The second kappa shape index (κ2) is 4.25. The van der Waals surface area contributed by atoms with Crippen LogP contribution in [0.2, 0.25) is 0 Å². The summed E-state index contributed by atoms with van der Waals surface area (Å²) in [5.74, 6) is 0. The van der Waals surface area contributed by atoms with Crippen LogP contribution < -0.4 is 5.73 Å². The molecule has 0 saturated carbocycles. The normalized spacial score (nSPS) is 17.6. The Labute approximate surface area is 84.0 Å². The summed E-state index contributed by atoms with van der Waals surface area (Å²) in [5, 5.41) is 2.26. The van der Waals surface area contributed by atoms with Crippen molar-refractivity contribution in [3.05, 3.63) is 21.4 Å². The van der Waals surface area contributed by atoms with Crippen LogP contribution in [0.1, 0.15) is 41.7 Å². The summed E-state index contributed by atoms with van der Waals surface area (Å²) < 4.78 is 0. The zero-order valence-corrected chi connectivity index (χ0v) is 8.83. The van der Waals surface area contributed by atoms with E-state index in [1.54, 1.807) is 10.4 Å². The SMILES string of the molecule is NCc1csc2c1CCCCCC2. The highest BCUT2D eigenvalue weighted by molar-refractivity contribution is 7.10. The molecule has 0 aliphatic heterocycles. The molecule has 2 rings (SSSR count). The fourth-order valence-corrected chi connectivity index (χ4v) is 3.25. The lowest BCUT2D eigenvalue weighted by molar-refractivity contribution is 0.620. The third-order valence-electron chi connectivity index (χ3n) is 2.87. The van der Waals surface area contributed by atoms with E-state index in [1.807, 2.05) is 11.3 Å². The van der Waals surface area contributed by atoms with Crippen molar-refractivity contribution in [2.75, 3.05) is 0 Å². The number of nitrogens with two attached hydrogens (primary N) is 1. The van der Waals surface area contributed by atoms with Gasteiger partial charge in [0.2, 0.25) is 0 Å². The summed E-state index contributed by atoms with van der Waals surface area (Å²) >= 11 is 1.92. The molecule has 0 fully saturated rings. The summed E-state index contributed by atoms with van der Waals surface area (Å²) in [6, 6.07) is 0. The Hall–Kier alpha value is -0.340. The van der Waals surface area contributed by atoms with Crippen molar-refractivity contribution in [2.24, 2.45) is 5.73 Å². The molecule has 2 heteroatoms. The summed E-state index contributed by atoms with van der Waals surface area (Å²) in [7, 11) is 0. The van der Waals surface area contributed by atoms with Gasteiger partial charge < -0.3 is 5.73 Å². The van der Waals surface area contributed by atoms with Crippen LogP contribution in [-0.4, -0.2) is 0 Å². The molecule has 0 amide bonds. The third kappa shape index (κ3) is 1.94.